The lowest BCUT2D eigenvalue weighted by Gasteiger charge is -2.39. The van der Waals surface area contributed by atoms with Crippen LogP contribution in [0.5, 0.6) is 0 Å². The van der Waals surface area contributed by atoms with Crippen molar-refractivity contribution in [2.75, 3.05) is 26.4 Å². The van der Waals surface area contributed by atoms with Crippen LogP contribution in [0, 0.1) is 15.5 Å². The van der Waals surface area contributed by atoms with Crippen molar-refractivity contribution in [3.8, 4) is 0 Å². The molecular formula is C21H27N2O8P. The number of nitrogens with one attached hydrogen (secondary N) is 1. The number of hydrogen-bond acceptors (Lipinski definition) is 9. The van der Waals surface area contributed by atoms with Crippen LogP contribution in [-0.2, 0) is 23.1 Å². The maximum atomic E-state index is 13.9. The third-order valence-electron chi connectivity index (χ3n) is 5.23. The van der Waals surface area contributed by atoms with E-state index in [0.29, 0.717) is 17.0 Å². The minimum absolute atomic E-state index is 0.117. The second-order valence-corrected chi connectivity index (χ2v) is 10.5. The summed E-state index contributed by atoms with van der Waals surface area (Å²) in [6.45, 7) is 6.92. The number of nitro benzene ring substituents is 1. The molecule has 174 valence electrons. The van der Waals surface area contributed by atoms with Gasteiger partial charge in [-0.05, 0) is 19.4 Å². The predicted octanol–water partition coefficient (Wildman–Crippen LogP) is 3.59. The Morgan fingerprint density at radius 1 is 1.31 bits per heavy atom. The molecule has 1 saturated heterocycles. The Bertz CT molecular complexity index is 1030. The van der Waals surface area contributed by atoms with Gasteiger partial charge < -0.3 is 24.2 Å². The Kier molecular flexibility index (Phi) is 6.90. The maximum absolute atomic E-state index is 13.9. The van der Waals surface area contributed by atoms with E-state index < -0.39 is 24.4 Å². The van der Waals surface area contributed by atoms with Crippen molar-refractivity contribution in [1.29, 1.82) is 0 Å². The van der Waals surface area contributed by atoms with Gasteiger partial charge in [-0.25, -0.2) is 4.79 Å². The van der Waals surface area contributed by atoms with Crippen LogP contribution in [0.25, 0.3) is 0 Å². The summed E-state index contributed by atoms with van der Waals surface area (Å²) in [6.07, 6.45) is 0. The molecule has 11 heteroatoms. The van der Waals surface area contributed by atoms with E-state index in [-0.39, 0.29) is 48.4 Å². The first-order chi connectivity index (χ1) is 15.0. The van der Waals surface area contributed by atoms with Crippen LogP contribution in [0.3, 0.4) is 0 Å². The first-order valence-electron chi connectivity index (χ1n) is 10.1. The second-order valence-electron chi connectivity index (χ2n) is 8.53. The number of nitro groups is 1. The molecule has 1 fully saturated rings. The average molecular weight is 466 g/mol. The van der Waals surface area contributed by atoms with E-state index in [1.807, 2.05) is 13.8 Å². The number of non-ortho nitro benzene ring substituents is 1. The summed E-state index contributed by atoms with van der Waals surface area (Å²) in [6, 6.07) is 5.77. The van der Waals surface area contributed by atoms with Gasteiger partial charge in [0, 0.05) is 28.9 Å². The summed E-state index contributed by atoms with van der Waals surface area (Å²) in [7, 11) is -3.86. The summed E-state index contributed by atoms with van der Waals surface area (Å²) >= 11 is 0. The molecule has 1 atom stereocenters. The van der Waals surface area contributed by atoms with Crippen LogP contribution in [0.4, 0.5) is 5.69 Å². The lowest BCUT2D eigenvalue weighted by Crippen LogP contribution is -2.34. The van der Waals surface area contributed by atoms with Gasteiger partial charge in [-0.2, -0.15) is 0 Å². The van der Waals surface area contributed by atoms with Crippen LogP contribution in [0.2, 0.25) is 0 Å². The van der Waals surface area contributed by atoms with E-state index in [0.717, 1.165) is 0 Å². The third-order valence-corrected chi connectivity index (χ3v) is 7.35. The number of allylic oxidation sites excluding steroid dienone is 3. The van der Waals surface area contributed by atoms with E-state index in [2.05, 4.69) is 5.32 Å². The molecule has 2 aliphatic rings. The molecule has 2 aliphatic heterocycles. The first-order valence-corrected chi connectivity index (χ1v) is 11.6. The lowest BCUT2D eigenvalue weighted by molar-refractivity contribution is -0.384. The van der Waals surface area contributed by atoms with Gasteiger partial charge >= 0.3 is 13.6 Å². The molecule has 10 nitrogen and oxygen atoms in total. The summed E-state index contributed by atoms with van der Waals surface area (Å²) in [5.41, 5.74) is 0.878. The van der Waals surface area contributed by atoms with Crippen molar-refractivity contribution < 1.29 is 33.2 Å². The molecule has 0 spiro atoms. The lowest BCUT2D eigenvalue weighted by atomic mass is 9.86. The first kappa shape index (κ1) is 24.1. The minimum Gasteiger partial charge on any atom is -0.460 e. The summed E-state index contributed by atoms with van der Waals surface area (Å²) in [5, 5.41) is 23.7. The predicted molar refractivity (Wildman–Crippen MR) is 116 cm³/mol. The third kappa shape index (κ3) is 4.78. The zero-order chi connectivity index (χ0) is 23.7. The van der Waals surface area contributed by atoms with Crippen molar-refractivity contribution in [3.05, 3.63) is 62.2 Å². The molecule has 1 aromatic rings. The average Bonchev–Trinajstić information content (AvgIpc) is 2.74. The van der Waals surface area contributed by atoms with Crippen molar-refractivity contribution >= 4 is 19.3 Å². The molecule has 32 heavy (non-hydrogen) atoms. The molecule has 0 aliphatic carbocycles. The van der Waals surface area contributed by atoms with Gasteiger partial charge in [0.15, 0.2) is 0 Å². The molecule has 2 N–H and O–H groups in total. The second kappa shape index (κ2) is 9.15. The van der Waals surface area contributed by atoms with Gasteiger partial charge in [0.1, 0.15) is 6.61 Å². The van der Waals surface area contributed by atoms with Gasteiger partial charge in [-0.1, -0.05) is 26.0 Å². The summed E-state index contributed by atoms with van der Waals surface area (Å²) < 4.78 is 30.5. The Balaban J connectivity index is 2.17. The van der Waals surface area contributed by atoms with Gasteiger partial charge in [-0.3, -0.25) is 14.7 Å². The highest BCUT2D eigenvalue weighted by atomic mass is 31.2. The summed E-state index contributed by atoms with van der Waals surface area (Å²) in [5.74, 6) is -1.70. The van der Waals surface area contributed by atoms with E-state index >= 15 is 0 Å². The zero-order valence-corrected chi connectivity index (χ0v) is 19.3. The Morgan fingerprint density at radius 3 is 2.56 bits per heavy atom. The normalized spacial score (nSPS) is 22.3. The van der Waals surface area contributed by atoms with Crippen molar-refractivity contribution in [2.45, 2.75) is 33.6 Å². The topological polar surface area (TPSA) is 137 Å². The SMILES string of the molecule is CC1=C(C(=O)OCCO)[C@@H](c2cccc([N+](=O)[O-])c2)C(P2(=O)OCC(C)(C)CO2)=C(C)N1. The number of nitrogens with zero attached hydrogens (tertiary/aromatic N) is 1. The number of esters is 1. The van der Waals surface area contributed by atoms with E-state index in [4.69, 9.17) is 18.9 Å². The number of carbonyl (C=O) groups excluding carboxylic acids is 1. The number of aliphatic hydroxyl groups excluding tert-OH is 1. The number of rotatable bonds is 6. The van der Waals surface area contributed by atoms with Gasteiger partial charge in [0.2, 0.25) is 0 Å². The highest BCUT2D eigenvalue weighted by Gasteiger charge is 2.48. The number of benzene rings is 1. The van der Waals surface area contributed by atoms with Crippen LogP contribution < -0.4 is 5.32 Å². The largest absolute Gasteiger partial charge is 0.460 e. The molecule has 3 rings (SSSR count). The molecule has 0 unspecified atom stereocenters. The Morgan fingerprint density at radius 2 is 1.97 bits per heavy atom. The molecule has 1 aromatic carbocycles. The van der Waals surface area contributed by atoms with Crippen LogP contribution in [0.1, 0.15) is 39.2 Å². The molecule has 0 aromatic heterocycles. The molecule has 0 saturated carbocycles. The summed E-state index contributed by atoms with van der Waals surface area (Å²) in [4.78, 5) is 23.8. The molecule has 0 bridgehead atoms. The van der Waals surface area contributed by atoms with Gasteiger partial charge in [-0.15, -0.1) is 0 Å². The van der Waals surface area contributed by atoms with E-state index in [1.54, 1.807) is 19.9 Å². The molecular weight excluding hydrogens is 439 g/mol. The smallest absolute Gasteiger partial charge is 0.360 e. The van der Waals surface area contributed by atoms with Crippen molar-refractivity contribution in [2.24, 2.45) is 5.41 Å². The van der Waals surface area contributed by atoms with Crippen molar-refractivity contribution in [1.82, 2.24) is 5.32 Å². The standard InChI is InChI=1S/C21H27N2O8P/c1-13-17(20(25)29-9-8-24)18(15-6-5-7-16(10-15)23(26)27)19(14(2)22-13)32(28)30-11-21(3,4)12-31-32/h5-7,10,18,22,24H,8-9,11-12H2,1-4H3/t18-/m1/s1. The number of dihydropyridines is 1. The highest BCUT2D eigenvalue weighted by Crippen LogP contribution is 2.66. The maximum Gasteiger partial charge on any atom is 0.360 e. The molecule has 0 radical (unpaired) electrons. The van der Waals surface area contributed by atoms with Crippen molar-refractivity contribution in [3.63, 3.8) is 0 Å². The fourth-order valence-corrected chi connectivity index (χ4v) is 6.17. The number of hydrogen-bond donors (Lipinski definition) is 2. The number of carbonyl (C=O) groups is 1. The zero-order valence-electron chi connectivity index (χ0n) is 18.4. The highest BCUT2D eigenvalue weighted by molar-refractivity contribution is 7.58. The van der Waals surface area contributed by atoms with E-state index in [1.165, 1.54) is 18.2 Å². The number of aliphatic hydroxyl groups is 1. The fourth-order valence-electron chi connectivity index (χ4n) is 3.71. The Labute approximate surface area is 185 Å². The fraction of sp³-hybridized carbons (Fsp3) is 0.476. The van der Waals surface area contributed by atoms with E-state index in [9.17, 15) is 19.5 Å². The van der Waals surface area contributed by atoms with Crippen LogP contribution in [-0.4, -0.2) is 42.4 Å². The minimum atomic E-state index is -3.86. The van der Waals surface area contributed by atoms with Gasteiger partial charge in [0.25, 0.3) is 5.69 Å². The molecule has 0 amide bonds. The van der Waals surface area contributed by atoms with Gasteiger partial charge in [0.05, 0.1) is 41.5 Å². The molecule has 2 heterocycles. The quantitative estimate of drug-likeness (QED) is 0.279. The van der Waals surface area contributed by atoms with Crippen LogP contribution >= 0.6 is 7.60 Å². The van der Waals surface area contributed by atoms with Crippen LogP contribution in [0.15, 0.2) is 46.5 Å². The number of ether oxygens (including phenoxy) is 1. The Hall–Kier alpha value is -2.52. The monoisotopic (exact) mass is 466 g/mol.